The molecule has 130 valence electrons. The minimum atomic E-state index is -0.740. The molecule has 3 N–H and O–H groups in total. The second-order valence-corrected chi connectivity index (χ2v) is 5.76. The van der Waals surface area contributed by atoms with Crippen molar-refractivity contribution >= 4 is 6.03 Å². The topological polar surface area (TPSA) is 83.7 Å². The van der Waals surface area contributed by atoms with Crippen LogP contribution in [0.4, 0.5) is 4.79 Å². The molecule has 3 unspecified atom stereocenters. The molecule has 0 spiro atoms. The summed E-state index contributed by atoms with van der Waals surface area (Å²) in [5.74, 6) is 1.26. The van der Waals surface area contributed by atoms with Crippen molar-refractivity contribution in [2.24, 2.45) is 0 Å². The molecule has 1 heterocycles. The fourth-order valence-electron chi connectivity index (χ4n) is 2.28. The number of urea groups is 1. The smallest absolute Gasteiger partial charge is 0.315 e. The van der Waals surface area contributed by atoms with Crippen LogP contribution in [-0.4, -0.2) is 29.8 Å². The van der Waals surface area contributed by atoms with Gasteiger partial charge in [-0.3, -0.25) is 0 Å². The van der Waals surface area contributed by atoms with E-state index in [0.717, 1.165) is 5.75 Å². The van der Waals surface area contributed by atoms with Gasteiger partial charge in [-0.25, -0.2) is 4.79 Å². The first-order valence-corrected chi connectivity index (χ1v) is 8.02. The number of aliphatic hydroxyl groups is 1. The van der Waals surface area contributed by atoms with Gasteiger partial charge in [0.1, 0.15) is 23.7 Å². The highest BCUT2D eigenvalue weighted by Crippen LogP contribution is 2.18. The number of aliphatic hydroxyl groups excluding tert-OH is 1. The van der Waals surface area contributed by atoms with Crippen LogP contribution in [0.15, 0.2) is 53.1 Å². The Balaban J connectivity index is 1.67. The number of amides is 2. The van der Waals surface area contributed by atoms with Crippen molar-refractivity contribution < 1.29 is 19.1 Å². The molecule has 0 radical (unpaired) electrons. The maximum absolute atomic E-state index is 11.9. The molecule has 24 heavy (non-hydrogen) atoms. The van der Waals surface area contributed by atoms with Crippen LogP contribution in [0.3, 0.4) is 0 Å². The number of nitrogens with one attached hydrogen (secondary N) is 2. The minimum Gasteiger partial charge on any atom is -0.489 e. The van der Waals surface area contributed by atoms with Crippen LogP contribution in [0.25, 0.3) is 0 Å². The van der Waals surface area contributed by atoms with E-state index in [1.165, 1.54) is 6.26 Å². The van der Waals surface area contributed by atoms with Gasteiger partial charge in [0.25, 0.3) is 0 Å². The van der Waals surface area contributed by atoms with E-state index in [0.29, 0.717) is 18.7 Å². The van der Waals surface area contributed by atoms with Crippen molar-refractivity contribution in [2.45, 2.75) is 38.5 Å². The van der Waals surface area contributed by atoms with Crippen LogP contribution in [0, 0.1) is 0 Å². The van der Waals surface area contributed by atoms with Crippen LogP contribution < -0.4 is 15.4 Å². The predicted molar refractivity (Wildman–Crippen MR) is 90.8 cm³/mol. The summed E-state index contributed by atoms with van der Waals surface area (Å²) in [4.78, 5) is 11.9. The summed E-state index contributed by atoms with van der Waals surface area (Å²) >= 11 is 0. The Morgan fingerprint density at radius 3 is 2.62 bits per heavy atom. The van der Waals surface area contributed by atoms with Gasteiger partial charge in [0.05, 0.1) is 12.8 Å². The number of benzene rings is 1. The van der Waals surface area contributed by atoms with Crippen molar-refractivity contribution in [2.75, 3.05) is 6.54 Å². The molecule has 1 aromatic carbocycles. The summed E-state index contributed by atoms with van der Waals surface area (Å²) in [5.41, 5.74) is 0. The fraction of sp³-hybridized carbons (Fsp3) is 0.389. The average molecular weight is 332 g/mol. The number of carbonyl (C=O) groups excluding carboxylic acids is 1. The Kier molecular flexibility index (Phi) is 6.69. The lowest BCUT2D eigenvalue weighted by molar-refractivity contribution is 0.129. The lowest BCUT2D eigenvalue weighted by Gasteiger charge is -2.19. The fourth-order valence-corrected chi connectivity index (χ4v) is 2.28. The first-order chi connectivity index (χ1) is 11.5. The zero-order chi connectivity index (χ0) is 17.4. The number of ether oxygens (including phenoxy) is 1. The van der Waals surface area contributed by atoms with Crippen molar-refractivity contribution in [1.82, 2.24) is 10.6 Å². The standard InChI is InChI=1S/C18H24N2O4/c1-13(11-16(21)17-9-6-10-23-17)20-18(22)19-12-14(2)24-15-7-4-3-5-8-15/h3-10,13-14,16,21H,11-12H2,1-2H3,(H2,19,20,22). The molecule has 1 aromatic heterocycles. The molecule has 0 saturated heterocycles. The second-order valence-electron chi connectivity index (χ2n) is 5.76. The van der Waals surface area contributed by atoms with Crippen LogP contribution >= 0.6 is 0 Å². The molecular formula is C18H24N2O4. The molecule has 0 bridgehead atoms. The maximum atomic E-state index is 11.9. The Morgan fingerprint density at radius 2 is 1.96 bits per heavy atom. The quantitative estimate of drug-likeness (QED) is 0.694. The van der Waals surface area contributed by atoms with Gasteiger partial charge in [-0.15, -0.1) is 0 Å². The van der Waals surface area contributed by atoms with Gasteiger partial charge in [0.2, 0.25) is 0 Å². The van der Waals surface area contributed by atoms with E-state index in [9.17, 15) is 9.90 Å². The van der Waals surface area contributed by atoms with Gasteiger partial charge in [0, 0.05) is 12.5 Å². The first-order valence-electron chi connectivity index (χ1n) is 8.02. The average Bonchev–Trinajstić information content (AvgIpc) is 3.08. The Bertz CT molecular complexity index is 601. The Hall–Kier alpha value is -2.47. The SMILES string of the molecule is CC(CC(O)c1ccco1)NC(=O)NCC(C)Oc1ccccc1. The molecule has 3 atom stereocenters. The zero-order valence-corrected chi connectivity index (χ0v) is 13.9. The lowest BCUT2D eigenvalue weighted by Crippen LogP contribution is -2.44. The zero-order valence-electron chi connectivity index (χ0n) is 13.9. The van der Waals surface area contributed by atoms with Gasteiger partial charge in [-0.2, -0.15) is 0 Å². The van der Waals surface area contributed by atoms with Gasteiger partial charge in [-0.05, 0) is 38.1 Å². The normalized spacial score (nSPS) is 14.5. The predicted octanol–water partition coefficient (Wildman–Crippen LogP) is 2.86. The van der Waals surface area contributed by atoms with Gasteiger partial charge < -0.3 is 24.9 Å². The van der Waals surface area contributed by atoms with E-state index in [4.69, 9.17) is 9.15 Å². The Labute approximate surface area is 141 Å². The lowest BCUT2D eigenvalue weighted by atomic mass is 10.1. The summed E-state index contributed by atoms with van der Waals surface area (Å²) in [6.07, 6.45) is 0.992. The summed E-state index contributed by atoms with van der Waals surface area (Å²) in [6, 6.07) is 12.4. The molecule has 0 aliphatic carbocycles. The highest BCUT2D eigenvalue weighted by atomic mass is 16.5. The third-order valence-corrected chi connectivity index (χ3v) is 3.46. The highest BCUT2D eigenvalue weighted by Gasteiger charge is 2.16. The third kappa shape index (κ3) is 5.96. The number of hydrogen-bond donors (Lipinski definition) is 3. The molecule has 0 aliphatic rings. The molecule has 6 nitrogen and oxygen atoms in total. The molecule has 2 rings (SSSR count). The molecule has 0 saturated carbocycles. The van der Waals surface area contributed by atoms with E-state index in [1.807, 2.05) is 44.2 Å². The summed E-state index contributed by atoms with van der Waals surface area (Å²) in [6.45, 7) is 4.10. The number of carbonyl (C=O) groups is 1. The van der Waals surface area contributed by atoms with Crippen LogP contribution in [0.5, 0.6) is 5.75 Å². The van der Waals surface area contributed by atoms with Crippen LogP contribution in [0.1, 0.15) is 32.1 Å². The molecular weight excluding hydrogens is 308 g/mol. The van der Waals surface area contributed by atoms with E-state index in [1.54, 1.807) is 12.1 Å². The third-order valence-electron chi connectivity index (χ3n) is 3.46. The first kappa shape index (κ1) is 17.9. The van der Waals surface area contributed by atoms with Crippen molar-refractivity contribution in [3.05, 3.63) is 54.5 Å². The van der Waals surface area contributed by atoms with Gasteiger partial charge >= 0.3 is 6.03 Å². The number of rotatable bonds is 8. The number of hydrogen-bond acceptors (Lipinski definition) is 4. The van der Waals surface area contributed by atoms with E-state index in [2.05, 4.69) is 10.6 Å². The van der Waals surface area contributed by atoms with Crippen molar-refractivity contribution in [3.8, 4) is 5.75 Å². The summed E-state index contributed by atoms with van der Waals surface area (Å²) < 4.78 is 10.8. The number of para-hydroxylation sites is 1. The largest absolute Gasteiger partial charge is 0.489 e. The molecule has 2 aromatic rings. The van der Waals surface area contributed by atoms with Crippen LogP contribution in [0.2, 0.25) is 0 Å². The van der Waals surface area contributed by atoms with Crippen molar-refractivity contribution in [3.63, 3.8) is 0 Å². The summed E-state index contributed by atoms with van der Waals surface area (Å²) in [7, 11) is 0. The monoisotopic (exact) mass is 332 g/mol. The highest BCUT2D eigenvalue weighted by molar-refractivity contribution is 5.74. The van der Waals surface area contributed by atoms with Crippen LogP contribution in [-0.2, 0) is 0 Å². The second kappa shape index (κ2) is 8.98. The van der Waals surface area contributed by atoms with E-state index in [-0.39, 0.29) is 18.2 Å². The van der Waals surface area contributed by atoms with Crippen molar-refractivity contribution in [1.29, 1.82) is 0 Å². The van der Waals surface area contributed by atoms with Gasteiger partial charge in [-0.1, -0.05) is 18.2 Å². The molecule has 0 aliphatic heterocycles. The minimum absolute atomic E-state index is 0.151. The number of furan rings is 1. The van der Waals surface area contributed by atoms with E-state index < -0.39 is 6.10 Å². The molecule has 2 amide bonds. The van der Waals surface area contributed by atoms with E-state index >= 15 is 0 Å². The molecule has 0 fully saturated rings. The van der Waals surface area contributed by atoms with Gasteiger partial charge in [0.15, 0.2) is 0 Å². The molecule has 6 heteroatoms. The Morgan fingerprint density at radius 1 is 1.21 bits per heavy atom. The summed E-state index contributed by atoms with van der Waals surface area (Å²) in [5, 5.41) is 15.5. The maximum Gasteiger partial charge on any atom is 0.315 e.